The topological polar surface area (TPSA) is 41.1 Å². The number of benzene rings is 2. The van der Waals surface area contributed by atoms with Crippen molar-refractivity contribution < 1.29 is 4.79 Å². The summed E-state index contributed by atoms with van der Waals surface area (Å²) < 4.78 is 0. The van der Waals surface area contributed by atoms with E-state index in [1.807, 2.05) is 24.3 Å². The normalized spacial score (nSPS) is 10.8. The Balaban J connectivity index is 1.89. The number of carbonyl (C=O) groups excluding carboxylic acids is 1. The molecule has 0 unspecified atom stereocenters. The molecule has 0 fully saturated rings. The molecule has 2 N–H and O–H groups in total. The summed E-state index contributed by atoms with van der Waals surface area (Å²) in [5.41, 5.74) is 4.56. The maximum atomic E-state index is 12.3. The van der Waals surface area contributed by atoms with E-state index in [0.717, 1.165) is 30.8 Å². The smallest absolute Gasteiger partial charge is 0.224 e. The molecular weight excluding hydrogens is 296 g/mol. The molecule has 3 heteroatoms. The van der Waals surface area contributed by atoms with Crippen LogP contribution in [0.2, 0.25) is 0 Å². The molecule has 2 aromatic carbocycles. The van der Waals surface area contributed by atoms with Crippen LogP contribution in [-0.4, -0.2) is 12.5 Å². The van der Waals surface area contributed by atoms with Crippen LogP contribution in [0.5, 0.6) is 0 Å². The first-order valence-corrected chi connectivity index (χ1v) is 8.77. The number of nitrogens with one attached hydrogen (secondary N) is 2. The highest BCUT2D eigenvalue weighted by Gasteiger charge is 2.07. The van der Waals surface area contributed by atoms with Gasteiger partial charge in [0.2, 0.25) is 5.91 Å². The van der Waals surface area contributed by atoms with Crippen molar-refractivity contribution in [3.63, 3.8) is 0 Å². The maximum Gasteiger partial charge on any atom is 0.224 e. The lowest BCUT2D eigenvalue weighted by Gasteiger charge is -2.11. The molecule has 0 saturated carbocycles. The number of para-hydroxylation sites is 1. The van der Waals surface area contributed by atoms with Crippen molar-refractivity contribution in [2.24, 2.45) is 0 Å². The third kappa shape index (κ3) is 5.50. The Kier molecular flexibility index (Phi) is 7.01. The summed E-state index contributed by atoms with van der Waals surface area (Å²) in [6, 6.07) is 16.5. The van der Waals surface area contributed by atoms with Crippen LogP contribution in [0.25, 0.3) is 0 Å². The van der Waals surface area contributed by atoms with Crippen LogP contribution >= 0.6 is 0 Å². The molecule has 0 atom stereocenters. The number of aryl methyl sites for hydroxylation is 1. The Morgan fingerprint density at radius 1 is 1.04 bits per heavy atom. The molecule has 0 aliphatic carbocycles. The Morgan fingerprint density at radius 2 is 1.75 bits per heavy atom. The van der Waals surface area contributed by atoms with Gasteiger partial charge in [-0.3, -0.25) is 4.79 Å². The molecule has 0 aromatic heterocycles. The molecular formula is C21H28N2O. The number of amides is 1. The molecule has 0 aliphatic rings. The highest BCUT2D eigenvalue weighted by atomic mass is 16.1. The minimum atomic E-state index is 0.0619. The summed E-state index contributed by atoms with van der Waals surface area (Å²) in [5, 5.41) is 6.34. The first kappa shape index (κ1) is 18.2. The quantitative estimate of drug-likeness (QED) is 0.751. The number of hydrogen-bond donors (Lipinski definition) is 2. The van der Waals surface area contributed by atoms with Crippen molar-refractivity contribution in [2.75, 3.05) is 11.9 Å². The zero-order valence-corrected chi connectivity index (χ0v) is 14.9. The second-order valence-electron chi connectivity index (χ2n) is 6.38. The van der Waals surface area contributed by atoms with Crippen LogP contribution in [0.1, 0.15) is 49.8 Å². The molecule has 0 saturated heterocycles. The largest absolute Gasteiger partial charge is 0.326 e. The Hall–Kier alpha value is -2.13. The van der Waals surface area contributed by atoms with Crippen LogP contribution in [0, 0.1) is 0 Å². The fraction of sp³-hybridized carbons (Fsp3) is 0.381. The van der Waals surface area contributed by atoms with Crippen molar-refractivity contribution in [1.82, 2.24) is 5.32 Å². The maximum absolute atomic E-state index is 12.3. The van der Waals surface area contributed by atoms with Crippen molar-refractivity contribution in [1.29, 1.82) is 0 Å². The summed E-state index contributed by atoms with van der Waals surface area (Å²) in [6.07, 6.45) is 1.26. The first-order chi connectivity index (χ1) is 11.6. The average molecular weight is 324 g/mol. The van der Waals surface area contributed by atoms with Crippen molar-refractivity contribution >= 4 is 11.6 Å². The van der Waals surface area contributed by atoms with E-state index in [0.29, 0.717) is 12.3 Å². The van der Waals surface area contributed by atoms with Gasteiger partial charge in [0.15, 0.2) is 0 Å². The van der Waals surface area contributed by atoms with Gasteiger partial charge in [-0.05, 0) is 41.6 Å². The Labute approximate surface area is 145 Å². The number of hydrogen-bond acceptors (Lipinski definition) is 2. The van der Waals surface area contributed by atoms with Gasteiger partial charge in [-0.15, -0.1) is 0 Å². The van der Waals surface area contributed by atoms with E-state index in [1.165, 1.54) is 11.1 Å². The summed E-state index contributed by atoms with van der Waals surface area (Å²) in [7, 11) is 0. The van der Waals surface area contributed by atoms with Crippen molar-refractivity contribution in [2.45, 2.75) is 46.1 Å². The third-order valence-electron chi connectivity index (χ3n) is 4.14. The SMILES string of the molecule is CCNCc1ccccc1NC(=O)CCc1ccc(C(C)C)cc1. The lowest BCUT2D eigenvalue weighted by molar-refractivity contribution is -0.116. The molecule has 0 radical (unpaired) electrons. The molecule has 0 aliphatic heterocycles. The van der Waals surface area contributed by atoms with Crippen molar-refractivity contribution in [3.05, 3.63) is 65.2 Å². The Morgan fingerprint density at radius 3 is 2.42 bits per heavy atom. The zero-order valence-electron chi connectivity index (χ0n) is 14.9. The summed E-state index contributed by atoms with van der Waals surface area (Å²) in [6.45, 7) is 8.13. The van der Waals surface area contributed by atoms with E-state index >= 15 is 0 Å². The third-order valence-corrected chi connectivity index (χ3v) is 4.14. The molecule has 0 spiro atoms. The molecule has 0 bridgehead atoms. The zero-order chi connectivity index (χ0) is 17.4. The number of rotatable bonds is 8. The van der Waals surface area contributed by atoms with Gasteiger partial charge >= 0.3 is 0 Å². The summed E-state index contributed by atoms with van der Waals surface area (Å²) in [5.74, 6) is 0.600. The minimum absolute atomic E-state index is 0.0619. The van der Waals surface area contributed by atoms with E-state index in [2.05, 4.69) is 55.7 Å². The van der Waals surface area contributed by atoms with Gasteiger partial charge in [0.1, 0.15) is 0 Å². The van der Waals surface area contributed by atoms with Crippen LogP contribution in [0.15, 0.2) is 48.5 Å². The van der Waals surface area contributed by atoms with Crippen LogP contribution in [-0.2, 0) is 17.8 Å². The lowest BCUT2D eigenvalue weighted by Crippen LogP contribution is -2.17. The van der Waals surface area contributed by atoms with Gasteiger partial charge < -0.3 is 10.6 Å². The van der Waals surface area contributed by atoms with E-state index < -0.39 is 0 Å². The average Bonchev–Trinajstić information content (AvgIpc) is 2.59. The minimum Gasteiger partial charge on any atom is -0.326 e. The first-order valence-electron chi connectivity index (χ1n) is 8.77. The van der Waals surface area contributed by atoms with Gasteiger partial charge in [0.25, 0.3) is 0 Å². The molecule has 24 heavy (non-hydrogen) atoms. The van der Waals surface area contributed by atoms with E-state index in [-0.39, 0.29) is 5.91 Å². The molecule has 2 aromatic rings. The lowest BCUT2D eigenvalue weighted by atomic mass is 10.0. The summed E-state index contributed by atoms with van der Waals surface area (Å²) in [4.78, 5) is 12.3. The molecule has 0 heterocycles. The molecule has 1 amide bonds. The van der Waals surface area contributed by atoms with Gasteiger partial charge in [-0.25, -0.2) is 0 Å². The Bertz CT molecular complexity index is 647. The van der Waals surface area contributed by atoms with Crippen LogP contribution in [0.3, 0.4) is 0 Å². The van der Waals surface area contributed by atoms with Crippen LogP contribution < -0.4 is 10.6 Å². The standard InChI is InChI=1S/C21H28N2O/c1-4-22-15-19-7-5-6-8-20(19)23-21(24)14-11-17-9-12-18(13-10-17)16(2)3/h5-10,12-13,16,22H,4,11,14-15H2,1-3H3,(H,23,24). The predicted octanol–water partition coefficient (Wildman–Crippen LogP) is 4.49. The highest BCUT2D eigenvalue weighted by Crippen LogP contribution is 2.17. The number of anilines is 1. The van der Waals surface area contributed by atoms with E-state index in [9.17, 15) is 4.79 Å². The number of carbonyl (C=O) groups is 1. The van der Waals surface area contributed by atoms with Gasteiger partial charge in [0, 0.05) is 18.7 Å². The molecule has 3 nitrogen and oxygen atoms in total. The monoisotopic (exact) mass is 324 g/mol. The second-order valence-corrected chi connectivity index (χ2v) is 6.38. The van der Waals surface area contributed by atoms with Gasteiger partial charge in [-0.1, -0.05) is 63.2 Å². The van der Waals surface area contributed by atoms with Crippen LogP contribution in [0.4, 0.5) is 5.69 Å². The predicted molar refractivity (Wildman–Crippen MR) is 101 cm³/mol. The van der Waals surface area contributed by atoms with E-state index in [1.54, 1.807) is 0 Å². The second kappa shape index (κ2) is 9.24. The summed E-state index contributed by atoms with van der Waals surface area (Å²) >= 11 is 0. The van der Waals surface area contributed by atoms with Crippen molar-refractivity contribution in [3.8, 4) is 0 Å². The van der Waals surface area contributed by atoms with E-state index in [4.69, 9.17) is 0 Å². The molecule has 128 valence electrons. The molecule has 2 rings (SSSR count). The fourth-order valence-corrected chi connectivity index (χ4v) is 2.60. The van der Waals surface area contributed by atoms with Gasteiger partial charge in [0.05, 0.1) is 0 Å². The highest BCUT2D eigenvalue weighted by molar-refractivity contribution is 5.91. The fourth-order valence-electron chi connectivity index (χ4n) is 2.60. The van der Waals surface area contributed by atoms with Gasteiger partial charge in [-0.2, -0.15) is 0 Å².